The highest BCUT2D eigenvalue weighted by Crippen LogP contribution is 2.37. The van der Waals surface area contributed by atoms with Crippen LogP contribution < -0.4 is 19.9 Å². The predicted octanol–water partition coefficient (Wildman–Crippen LogP) is 0.231. The molecule has 0 aliphatic heterocycles. The Morgan fingerprint density at radius 1 is 1.12 bits per heavy atom. The first kappa shape index (κ1) is 13.1. The first-order chi connectivity index (χ1) is 8.04. The highest BCUT2D eigenvalue weighted by Gasteiger charge is 2.21. The Hall–Kier alpha value is -1.95. The molecule has 1 aromatic rings. The first-order valence-electron chi connectivity index (χ1n) is 4.82. The SMILES string of the molecule is COc1cc(OC)c(C(O)C(N)=O)cc1OC. The third-order valence-corrected chi connectivity index (χ3v) is 2.30. The number of carbonyl (C=O) groups is 1. The van der Waals surface area contributed by atoms with Gasteiger partial charge in [0.2, 0.25) is 0 Å². The van der Waals surface area contributed by atoms with Gasteiger partial charge >= 0.3 is 0 Å². The maximum atomic E-state index is 11.0. The number of hydrogen-bond acceptors (Lipinski definition) is 5. The minimum absolute atomic E-state index is 0.234. The fraction of sp³-hybridized carbons (Fsp3) is 0.364. The van der Waals surface area contributed by atoms with Gasteiger partial charge in [-0.2, -0.15) is 0 Å². The molecule has 0 aromatic heterocycles. The Bertz CT molecular complexity index is 419. The average molecular weight is 241 g/mol. The van der Waals surface area contributed by atoms with Crippen LogP contribution in [0.5, 0.6) is 17.2 Å². The molecule has 0 saturated heterocycles. The lowest BCUT2D eigenvalue weighted by Crippen LogP contribution is -2.21. The molecule has 1 aromatic carbocycles. The monoisotopic (exact) mass is 241 g/mol. The number of aliphatic hydroxyl groups excluding tert-OH is 1. The summed E-state index contributed by atoms with van der Waals surface area (Å²) in [4.78, 5) is 11.0. The van der Waals surface area contributed by atoms with Crippen molar-refractivity contribution in [3.63, 3.8) is 0 Å². The van der Waals surface area contributed by atoms with Gasteiger partial charge in [0, 0.05) is 11.6 Å². The number of methoxy groups -OCH3 is 3. The molecular weight excluding hydrogens is 226 g/mol. The summed E-state index contributed by atoms with van der Waals surface area (Å²) in [6.45, 7) is 0. The second-order valence-corrected chi connectivity index (χ2v) is 3.25. The van der Waals surface area contributed by atoms with Gasteiger partial charge < -0.3 is 25.1 Å². The number of benzene rings is 1. The highest BCUT2D eigenvalue weighted by molar-refractivity contribution is 5.81. The van der Waals surface area contributed by atoms with Gasteiger partial charge in [0.25, 0.3) is 5.91 Å². The van der Waals surface area contributed by atoms with E-state index in [-0.39, 0.29) is 5.56 Å². The molecule has 0 aliphatic carbocycles. The van der Waals surface area contributed by atoms with E-state index >= 15 is 0 Å². The molecule has 0 aliphatic rings. The fourth-order valence-corrected chi connectivity index (χ4v) is 1.42. The zero-order valence-corrected chi connectivity index (χ0v) is 9.89. The van der Waals surface area contributed by atoms with Crippen LogP contribution in [0.3, 0.4) is 0 Å². The molecule has 1 unspecified atom stereocenters. The van der Waals surface area contributed by atoms with Crippen LogP contribution in [-0.2, 0) is 4.79 Å². The van der Waals surface area contributed by atoms with Gasteiger partial charge in [0.1, 0.15) is 5.75 Å². The van der Waals surface area contributed by atoms with Crippen molar-refractivity contribution in [2.24, 2.45) is 5.73 Å². The first-order valence-corrected chi connectivity index (χ1v) is 4.82. The van der Waals surface area contributed by atoms with Crippen molar-refractivity contribution in [3.8, 4) is 17.2 Å². The van der Waals surface area contributed by atoms with Crippen molar-refractivity contribution in [2.45, 2.75) is 6.10 Å². The average Bonchev–Trinajstić information content (AvgIpc) is 2.35. The Balaban J connectivity index is 3.33. The lowest BCUT2D eigenvalue weighted by Gasteiger charge is -2.16. The third kappa shape index (κ3) is 2.59. The second-order valence-electron chi connectivity index (χ2n) is 3.25. The number of primary amides is 1. The number of aliphatic hydroxyl groups is 1. The van der Waals surface area contributed by atoms with E-state index in [2.05, 4.69) is 0 Å². The van der Waals surface area contributed by atoms with Crippen molar-refractivity contribution < 1.29 is 24.1 Å². The van der Waals surface area contributed by atoms with Gasteiger partial charge in [-0.15, -0.1) is 0 Å². The van der Waals surface area contributed by atoms with Crippen molar-refractivity contribution in [1.29, 1.82) is 0 Å². The largest absolute Gasteiger partial charge is 0.496 e. The third-order valence-electron chi connectivity index (χ3n) is 2.30. The lowest BCUT2D eigenvalue weighted by atomic mass is 10.1. The normalized spacial score (nSPS) is 11.8. The molecule has 0 fully saturated rings. The summed E-state index contributed by atoms with van der Waals surface area (Å²) >= 11 is 0. The van der Waals surface area contributed by atoms with Crippen LogP contribution in [0.4, 0.5) is 0 Å². The maximum absolute atomic E-state index is 11.0. The van der Waals surface area contributed by atoms with E-state index in [0.717, 1.165) is 0 Å². The topological polar surface area (TPSA) is 91.0 Å². The second kappa shape index (κ2) is 5.40. The number of carbonyl (C=O) groups excluding carboxylic acids is 1. The van der Waals surface area contributed by atoms with E-state index in [4.69, 9.17) is 19.9 Å². The van der Waals surface area contributed by atoms with Crippen LogP contribution >= 0.6 is 0 Å². The van der Waals surface area contributed by atoms with E-state index in [9.17, 15) is 9.90 Å². The van der Waals surface area contributed by atoms with E-state index in [1.165, 1.54) is 33.5 Å². The van der Waals surface area contributed by atoms with E-state index in [1.54, 1.807) is 0 Å². The number of rotatable bonds is 5. The lowest BCUT2D eigenvalue weighted by molar-refractivity contribution is -0.126. The van der Waals surface area contributed by atoms with Crippen molar-refractivity contribution in [2.75, 3.05) is 21.3 Å². The summed E-state index contributed by atoms with van der Waals surface area (Å²) in [5.41, 5.74) is 5.27. The quantitative estimate of drug-likeness (QED) is 0.770. The van der Waals surface area contributed by atoms with Gasteiger partial charge in [0.05, 0.1) is 21.3 Å². The van der Waals surface area contributed by atoms with Crippen LogP contribution in [0.25, 0.3) is 0 Å². The Labute approximate surface area is 98.9 Å². The standard InChI is InChI=1S/C11H15NO5/c1-15-7-5-9(17-3)8(16-2)4-6(7)10(13)11(12)14/h4-5,10,13H,1-3H3,(H2,12,14). The smallest absolute Gasteiger partial charge is 0.251 e. The van der Waals surface area contributed by atoms with Crippen LogP contribution in [0, 0.1) is 0 Å². The van der Waals surface area contributed by atoms with E-state index in [1.807, 2.05) is 0 Å². The zero-order valence-electron chi connectivity index (χ0n) is 9.89. The minimum Gasteiger partial charge on any atom is -0.496 e. The summed E-state index contributed by atoms with van der Waals surface area (Å²) in [5.74, 6) is 0.248. The van der Waals surface area contributed by atoms with Gasteiger partial charge in [-0.25, -0.2) is 0 Å². The van der Waals surface area contributed by atoms with E-state index in [0.29, 0.717) is 17.2 Å². The molecule has 17 heavy (non-hydrogen) atoms. The molecular formula is C11H15NO5. The molecule has 1 rings (SSSR count). The van der Waals surface area contributed by atoms with Crippen LogP contribution in [0.2, 0.25) is 0 Å². The molecule has 3 N–H and O–H groups in total. The predicted molar refractivity (Wildman–Crippen MR) is 60.3 cm³/mol. The number of nitrogens with two attached hydrogens (primary N) is 1. The number of hydrogen-bond donors (Lipinski definition) is 2. The van der Waals surface area contributed by atoms with Gasteiger partial charge in [0.15, 0.2) is 17.6 Å². The fourth-order valence-electron chi connectivity index (χ4n) is 1.42. The Morgan fingerprint density at radius 2 is 1.59 bits per heavy atom. The van der Waals surface area contributed by atoms with Crippen molar-refractivity contribution in [3.05, 3.63) is 17.7 Å². The Morgan fingerprint density at radius 3 is 2.00 bits per heavy atom. The molecule has 1 amide bonds. The molecule has 0 radical (unpaired) electrons. The van der Waals surface area contributed by atoms with Gasteiger partial charge in [-0.05, 0) is 6.07 Å². The Kier molecular flexibility index (Phi) is 4.17. The molecule has 0 bridgehead atoms. The van der Waals surface area contributed by atoms with Crippen molar-refractivity contribution in [1.82, 2.24) is 0 Å². The van der Waals surface area contributed by atoms with Gasteiger partial charge in [-0.1, -0.05) is 0 Å². The molecule has 6 heteroatoms. The van der Waals surface area contributed by atoms with Crippen molar-refractivity contribution >= 4 is 5.91 Å². The van der Waals surface area contributed by atoms with Gasteiger partial charge in [-0.3, -0.25) is 4.79 Å². The molecule has 0 spiro atoms. The summed E-state index contributed by atoms with van der Waals surface area (Å²) < 4.78 is 15.2. The molecule has 94 valence electrons. The summed E-state index contributed by atoms with van der Waals surface area (Å²) in [6, 6.07) is 2.97. The summed E-state index contributed by atoms with van der Waals surface area (Å²) in [6.07, 6.45) is -1.45. The summed E-state index contributed by atoms with van der Waals surface area (Å²) in [5, 5.41) is 9.64. The van der Waals surface area contributed by atoms with Crippen LogP contribution in [0.15, 0.2) is 12.1 Å². The molecule has 6 nitrogen and oxygen atoms in total. The van der Waals surface area contributed by atoms with Crippen LogP contribution in [-0.4, -0.2) is 32.3 Å². The number of amides is 1. The maximum Gasteiger partial charge on any atom is 0.251 e. The number of ether oxygens (including phenoxy) is 3. The highest BCUT2D eigenvalue weighted by atomic mass is 16.5. The summed E-state index contributed by atoms with van der Waals surface area (Å²) in [7, 11) is 4.34. The molecule has 0 heterocycles. The molecule has 1 atom stereocenters. The zero-order chi connectivity index (χ0) is 13.0. The minimum atomic E-state index is -1.45. The van der Waals surface area contributed by atoms with Crippen LogP contribution in [0.1, 0.15) is 11.7 Å². The molecule has 0 saturated carbocycles. The van der Waals surface area contributed by atoms with E-state index < -0.39 is 12.0 Å².